The van der Waals surface area contributed by atoms with Crippen LogP contribution >= 0.6 is 0 Å². The van der Waals surface area contributed by atoms with Crippen LogP contribution in [0.5, 0.6) is 11.5 Å². The lowest BCUT2D eigenvalue weighted by Crippen LogP contribution is -2.28. The van der Waals surface area contributed by atoms with E-state index in [1.807, 2.05) is 30.3 Å². The van der Waals surface area contributed by atoms with Gasteiger partial charge in [-0.15, -0.1) is 0 Å². The van der Waals surface area contributed by atoms with Gasteiger partial charge in [-0.2, -0.15) is 0 Å². The third kappa shape index (κ3) is 5.60. The molecule has 3 rings (SSSR count). The number of hydrogen-bond acceptors (Lipinski definition) is 3. The Labute approximate surface area is 168 Å². The first-order valence-corrected chi connectivity index (χ1v) is 9.03. The summed E-state index contributed by atoms with van der Waals surface area (Å²) in [5.74, 6) is -0.266. The molecule has 0 spiro atoms. The number of rotatable bonds is 8. The van der Waals surface area contributed by atoms with E-state index in [0.717, 1.165) is 0 Å². The first-order chi connectivity index (χ1) is 14.0. The van der Waals surface area contributed by atoms with Crippen LogP contribution in [0.25, 0.3) is 4.85 Å². The number of benzene rings is 3. The van der Waals surface area contributed by atoms with Crippen molar-refractivity contribution in [3.05, 3.63) is 101 Å². The van der Waals surface area contributed by atoms with Gasteiger partial charge < -0.3 is 4.74 Å². The van der Waals surface area contributed by atoms with Crippen LogP contribution in [-0.2, 0) is 22.4 Å². The summed E-state index contributed by atoms with van der Waals surface area (Å²) in [4.78, 5) is 27.5. The van der Waals surface area contributed by atoms with Gasteiger partial charge in [-0.25, -0.2) is 9.24 Å². The molecule has 0 amide bonds. The van der Waals surface area contributed by atoms with Crippen LogP contribution in [0, 0.1) is 6.57 Å². The summed E-state index contributed by atoms with van der Waals surface area (Å²) in [5, 5.41) is 0. The molecule has 4 nitrogen and oxygen atoms in total. The van der Waals surface area contributed by atoms with E-state index in [-0.39, 0.29) is 12.8 Å². The molecule has 0 saturated heterocycles. The van der Waals surface area contributed by atoms with Crippen molar-refractivity contribution in [2.75, 3.05) is 0 Å². The third-order valence-electron chi connectivity index (χ3n) is 4.29. The summed E-state index contributed by atoms with van der Waals surface area (Å²) in [6.07, 6.45) is -2.53. The minimum atomic E-state index is -2.17. The van der Waals surface area contributed by atoms with E-state index in [9.17, 15) is 14.0 Å². The summed E-state index contributed by atoms with van der Waals surface area (Å²) >= 11 is 0. The fraction of sp³-hybridized carbons (Fsp3) is 0.125. The fourth-order valence-corrected chi connectivity index (χ4v) is 2.75. The highest BCUT2D eigenvalue weighted by Crippen LogP contribution is 2.21. The lowest BCUT2D eigenvalue weighted by molar-refractivity contribution is -0.133. The second kappa shape index (κ2) is 9.43. The van der Waals surface area contributed by atoms with Gasteiger partial charge in [0.1, 0.15) is 11.5 Å². The van der Waals surface area contributed by atoms with Crippen molar-refractivity contribution in [3.8, 4) is 11.5 Å². The standard InChI is InChI=1S/C24H18FNO3/c1-26-19-11-7-17(8-12-19)15-22(27)24(25)23(28)16-18-9-13-21(14-10-18)29-20-5-3-2-4-6-20/h2-14,24H,15-16H2. The molecule has 0 N–H and O–H groups in total. The molecule has 144 valence electrons. The predicted octanol–water partition coefficient (Wildman–Crippen LogP) is 5.29. The number of alkyl halides is 1. The Morgan fingerprint density at radius 1 is 0.793 bits per heavy atom. The second-order valence-electron chi connectivity index (χ2n) is 6.49. The number of ether oxygens (including phenoxy) is 1. The number of Topliss-reactive ketones (excluding diaryl/α,β-unsaturated/α-hetero) is 2. The molecule has 3 aromatic carbocycles. The van der Waals surface area contributed by atoms with Gasteiger partial charge in [-0.3, -0.25) is 9.59 Å². The molecule has 0 bridgehead atoms. The molecule has 0 radical (unpaired) electrons. The van der Waals surface area contributed by atoms with Crippen LogP contribution < -0.4 is 4.74 Å². The van der Waals surface area contributed by atoms with E-state index in [2.05, 4.69) is 4.85 Å². The molecule has 3 aromatic rings. The number of halogens is 1. The Hall–Kier alpha value is -3.78. The summed E-state index contributed by atoms with van der Waals surface area (Å²) in [6, 6.07) is 22.3. The zero-order valence-electron chi connectivity index (χ0n) is 15.5. The Kier molecular flexibility index (Phi) is 6.49. The van der Waals surface area contributed by atoms with Crippen molar-refractivity contribution in [3.63, 3.8) is 0 Å². The van der Waals surface area contributed by atoms with Crippen molar-refractivity contribution in [1.29, 1.82) is 0 Å². The number of carbonyl (C=O) groups is 2. The molecule has 0 heterocycles. The van der Waals surface area contributed by atoms with Crippen molar-refractivity contribution in [2.45, 2.75) is 19.0 Å². The summed E-state index contributed by atoms with van der Waals surface area (Å²) in [6.45, 7) is 6.90. The van der Waals surface area contributed by atoms with Crippen LogP contribution in [0.15, 0.2) is 78.9 Å². The van der Waals surface area contributed by atoms with Gasteiger partial charge in [0.25, 0.3) is 0 Å². The van der Waals surface area contributed by atoms with Gasteiger partial charge in [0.05, 0.1) is 6.57 Å². The quantitative estimate of drug-likeness (QED) is 0.390. The number of para-hydroxylation sites is 1. The first kappa shape index (κ1) is 20.0. The molecule has 29 heavy (non-hydrogen) atoms. The van der Waals surface area contributed by atoms with Gasteiger partial charge in [0, 0.05) is 12.8 Å². The van der Waals surface area contributed by atoms with Crippen LogP contribution in [0.3, 0.4) is 0 Å². The van der Waals surface area contributed by atoms with E-state index in [1.165, 1.54) is 0 Å². The lowest BCUT2D eigenvalue weighted by Gasteiger charge is -2.09. The van der Waals surface area contributed by atoms with Gasteiger partial charge in [0.2, 0.25) is 6.17 Å². The smallest absolute Gasteiger partial charge is 0.216 e. The number of hydrogen-bond donors (Lipinski definition) is 0. The molecule has 0 aliphatic rings. The SMILES string of the molecule is [C-]#[N+]c1ccc(CC(=O)C(F)C(=O)Cc2ccc(Oc3ccccc3)cc2)cc1. The summed E-state index contributed by atoms with van der Waals surface area (Å²) in [5.41, 5.74) is 1.61. The fourth-order valence-electron chi connectivity index (χ4n) is 2.75. The molecule has 1 unspecified atom stereocenters. The van der Waals surface area contributed by atoms with Crippen LogP contribution in [0.1, 0.15) is 11.1 Å². The Morgan fingerprint density at radius 3 is 1.79 bits per heavy atom. The molecule has 0 aliphatic heterocycles. The monoisotopic (exact) mass is 387 g/mol. The zero-order chi connectivity index (χ0) is 20.6. The highest BCUT2D eigenvalue weighted by molar-refractivity contribution is 6.06. The highest BCUT2D eigenvalue weighted by atomic mass is 19.1. The topological polar surface area (TPSA) is 47.7 Å². The summed E-state index contributed by atoms with van der Waals surface area (Å²) < 4.78 is 20.0. The minimum absolute atomic E-state index is 0.171. The molecule has 5 heteroatoms. The Bertz CT molecular complexity index is 1020. The van der Waals surface area contributed by atoms with Crippen molar-refractivity contribution < 1.29 is 18.7 Å². The van der Waals surface area contributed by atoms with E-state index >= 15 is 0 Å². The molecule has 0 fully saturated rings. The van der Waals surface area contributed by atoms with Crippen molar-refractivity contribution in [1.82, 2.24) is 0 Å². The predicted molar refractivity (Wildman–Crippen MR) is 108 cm³/mol. The number of carbonyl (C=O) groups excluding carboxylic acids is 2. The maximum Gasteiger partial charge on any atom is 0.216 e. The average molecular weight is 387 g/mol. The van der Waals surface area contributed by atoms with Crippen molar-refractivity contribution >= 4 is 17.3 Å². The lowest BCUT2D eigenvalue weighted by atomic mass is 9.99. The molecule has 0 aliphatic carbocycles. The van der Waals surface area contributed by atoms with E-state index in [0.29, 0.717) is 28.3 Å². The van der Waals surface area contributed by atoms with Gasteiger partial charge in [-0.1, -0.05) is 54.6 Å². The molecular formula is C24H18FNO3. The molecule has 0 aromatic heterocycles. The third-order valence-corrected chi connectivity index (χ3v) is 4.29. The Morgan fingerprint density at radius 2 is 1.28 bits per heavy atom. The largest absolute Gasteiger partial charge is 0.457 e. The number of nitrogens with zero attached hydrogens (tertiary/aromatic N) is 1. The van der Waals surface area contributed by atoms with Crippen LogP contribution in [-0.4, -0.2) is 17.7 Å². The van der Waals surface area contributed by atoms with E-state index in [1.54, 1.807) is 48.5 Å². The normalized spacial score (nSPS) is 11.3. The van der Waals surface area contributed by atoms with Crippen molar-refractivity contribution in [2.24, 2.45) is 0 Å². The average Bonchev–Trinajstić information content (AvgIpc) is 2.75. The maximum absolute atomic E-state index is 14.3. The number of ketones is 2. The molecule has 0 saturated carbocycles. The molecule has 1 atom stereocenters. The highest BCUT2D eigenvalue weighted by Gasteiger charge is 2.25. The van der Waals surface area contributed by atoms with E-state index < -0.39 is 17.7 Å². The molecular weight excluding hydrogens is 369 g/mol. The zero-order valence-corrected chi connectivity index (χ0v) is 15.5. The summed E-state index contributed by atoms with van der Waals surface area (Å²) in [7, 11) is 0. The van der Waals surface area contributed by atoms with Gasteiger partial charge >= 0.3 is 0 Å². The van der Waals surface area contributed by atoms with E-state index in [4.69, 9.17) is 11.3 Å². The first-order valence-electron chi connectivity index (χ1n) is 9.03. The Balaban J connectivity index is 1.55. The van der Waals surface area contributed by atoms with Gasteiger partial charge in [-0.05, 0) is 35.4 Å². The van der Waals surface area contributed by atoms with Gasteiger partial charge in [0.15, 0.2) is 17.3 Å². The minimum Gasteiger partial charge on any atom is -0.457 e. The maximum atomic E-state index is 14.3. The second-order valence-corrected chi connectivity index (χ2v) is 6.49. The van der Waals surface area contributed by atoms with Crippen LogP contribution in [0.4, 0.5) is 10.1 Å². The van der Waals surface area contributed by atoms with Crippen LogP contribution in [0.2, 0.25) is 0 Å².